The first-order valence-electron chi connectivity index (χ1n) is 7.63. The van der Waals surface area contributed by atoms with Crippen LogP contribution in [0.3, 0.4) is 0 Å². The predicted octanol–water partition coefficient (Wildman–Crippen LogP) is 3.79. The fourth-order valence-electron chi connectivity index (χ4n) is 2.52. The SMILES string of the molecule is CCCNCC(CCc1nccn1C)c1ccc(Cl)cc1. The lowest BCUT2D eigenvalue weighted by molar-refractivity contribution is 0.539. The van der Waals surface area contributed by atoms with Gasteiger partial charge in [-0.15, -0.1) is 0 Å². The summed E-state index contributed by atoms with van der Waals surface area (Å²) in [5, 5.41) is 4.33. The Morgan fingerprint density at radius 2 is 2.05 bits per heavy atom. The van der Waals surface area contributed by atoms with E-state index in [4.69, 9.17) is 11.6 Å². The van der Waals surface area contributed by atoms with Gasteiger partial charge in [-0.3, -0.25) is 0 Å². The third-order valence-electron chi connectivity index (χ3n) is 3.80. The summed E-state index contributed by atoms with van der Waals surface area (Å²) in [5.41, 5.74) is 1.34. The van der Waals surface area contributed by atoms with Gasteiger partial charge in [0.25, 0.3) is 0 Å². The van der Waals surface area contributed by atoms with Crippen LogP contribution in [-0.2, 0) is 13.5 Å². The van der Waals surface area contributed by atoms with Crippen LogP contribution < -0.4 is 5.32 Å². The van der Waals surface area contributed by atoms with Gasteiger partial charge in [-0.2, -0.15) is 0 Å². The number of aryl methyl sites for hydroxylation is 2. The van der Waals surface area contributed by atoms with Crippen LogP contribution in [0, 0.1) is 0 Å². The topological polar surface area (TPSA) is 29.9 Å². The van der Waals surface area contributed by atoms with Crippen molar-refractivity contribution < 1.29 is 0 Å². The Labute approximate surface area is 132 Å². The highest BCUT2D eigenvalue weighted by Crippen LogP contribution is 2.22. The zero-order valence-corrected chi connectivity index (χ0v) is 13.6. The van der Waals surface area contributed by atoms with E-state index >= 15 is 0 Å². The number of hydrogen-bond acceptors (Lipinski definition) is 2. The van der Waals surface area contributed by atoms with Crippen molar-refractivity contribution in [3.8, 4) is 0 Å². The van der Waals surface area contributed by atoms with E-state index in [0.717, 1.165) is 43.2 Å². The molecule has 0 aliphatic heterocycles. The lowest BCUT2D eigenvalue weighted by atomic mass is 9.94. The standard InChI is InChI=1S/C17H24ClN3/c1-3-10-19-13-15(14-4-7-16(18)8-5-14)6-9-17-20-11-12-21(17)2/h4-5,7-8,11-12,15,19H,3,6,9-10,13H2,1-2H3. The van der Waals surface area contributed by atoms with Crippen molar-refractivity contribution in [3.63, 3.8) is 0 Å². The molecule has 1 heterocycles. The van der Waals surface area contributed by atoms with Gasteiger partial charge in [-0.25, -0.2) is 4.98 Å². The van der Waals surface area contributed by atoms with Crippen LogP contribution in [0.15, 0.2) is 36.7 Å². The van der Waals surface area contributed by atoms with E-state index in [0.29, 0.717) is 5.92 Å². The van der Waals surface area contributed by atoms with E-state index in [1.54, 1.807) is 0 Å². The molecule has 3 nitrogen and oxygen atoms in total. The van der Waals surface area contributed by atoms with Crippen LogP contribution in [0.25, 0.3) is 0 Å². The maximum atomic E-state index is 5.99. The molecule has 0 bridgehead atoms. The molecule has 2 aromatic rings. The van der Waals surface area contributed by atoms with Gasteiger partial charge in [0, 0.05) is 37.4 Å². The summed E-state index contributed by atoms with van der Waals surface area (Å²) >= 11 is 5.99. The molecule has 1 atom stereocenters. The molecule has 114 valence electrons. The van der Waals surface area contributed by atoms with Crippen molar-refractivity contribution in [2.24, 2.45) is 7.05 Å². The quantitative estimate of drug-likeness (QED) is 0.752. The Morgan fingerprint density at radius 1 is 1.29 bits per heavy atom. The molecule has 1 N–H and O–H groups in total. The highest BCUT2D eigenvalue weighted by atomic mass is 35.5. The van der Waals surface area contributed by atoms with Crippen molar-refractivity contribution in [1.29, 1.82) is 0 Å². The molecule has 0 saturated heterocycles. The second kappa shape index (κ2) is 8.20. The lowest BCUT2D eigenvalue weighted by Crippen LogP contribution is -2.23. The van der Waals surface area contributed by atoms with Gasteiger partial charge in [-0.1, -0.05) is 30.7 Å². The van der Waals surface area contributed by atoms with Gasteiger partial charge < -0.3 is 9.88 Å². The van der Waals surface area contributed by atoms with Gasteiger partial charge in [0.1, 0.15) is 5.82 Å². The second-order valence-electron chi connectivity index (χ2n) is 5.45. The van der Waals surface area contributed by atoms with Crippen molar-refractivity contribution >= 4 is 11.6 Å². The van der Waals surface area contributed by atoms with Crippen molar-refractivity contribution in [2.45, 2.75) is 32.1 Å². The minimum Gasteiger partial charge on any atom is -0.338 e. The first-order valence-corrected chi connectivity index (χ1v) is 8.01. The first kappa shape index (κ1) is 16.1. The minimum absolute atomic E-state index is 0.491. The molecule has 0 radical (unpaired) electrons. The van der Waals surface area contributed by atoms with Gasteiger partial charge in [0.2, 0.25) is 0 Å². The highest BCUT2D eigenvalue weighted by Gasteiger charge is 2.12. The fraction of sp³-hybridized carbons (Fsp3) is 0.471. The Balaban J connectivity index is 2.01. The second-order valence-corrected chi connectivity index (χ2v) is 5.88. The van der Waals surface area contributed by atoms with E-state index in [2.05, 4.69) is 41.0 Å². The summed E-state index contributed by atoms with van der Waals surface area (Å²) in [4.78, 5) is 4.41. The van der Waals surface area contributed by atoms with E-state index < -0.39 is 0 Å². The van der Waals surface area contributed by atoms with Crippen molar-refractivity contribution in [2.75, 3.05) is 13.1 Å². The Bertz CT molecular complexity index is 533. The third-order valence-corrected chi connectivity index (χ3v) is 4.05. The zero-order valence-electron chi connectivity index (χ0n) is 12.8. The predicted molar refractivity (Wildman–Crippen MR) is 88.9 cm³/mol. The Morgan fingerprint density at radius 3 is 2.67 bits per heavy atom. The van der Waals surface area contributed by atoms with Crippen LogP contribution >= 0.6 is 11.6 Å². The van der Waals surface area contributed by atoms with Crippen molar-refractivity contribution in [1.82, 2.24) is 14.9 Å². The molecule has 0 aliphatic rings. The van der Waals surface area contributed by atoms with E-state index in [9.17, 15) is 0 Å². The number of rotatable bonds is 8. The number of imidazole rings is 1. The average molecular weight is 306 g/mol. The zero-order chi connectivity index (χ0) is 15.1. The van der Waals surface area contributed by atoms with Gasteiger partial charge in [0.05, 0.1) is 0 Å². The summed E-state index contributed by atoms with van der Waals surface area (Å²) in [7, 11) is 2.05. The molecule has 1 unspecified atom stereocenters. The molecule has 0 amide bonds. The van der Waals surface area contributed by atoms with E-state index in [1.165, 1.54) is 5.56 Å². The monoisotopic (exact) mass is 305 g/mol. The number of benzene rings is 1. The number of hydrogen-bond donors (Lipinski definition) is 1. The smallest absolute Gasteiger partial charge is 0.108 e. The van der Waals surface area contributed by atoms with Crippen LogP contribution in [0.4, 0.5) is 0 Å². The van der Waals surface area contributed by atoms with E-state index in [1.807, 2.05) is 24.5 Å². The molecular weight excluding hydrogens is 282 g/mol. The molecule has 1 aromatic carbocycles. The fourth-order valence-corrected chi connectivity index (χ4v) is 2.64. The number of halogens is 1. The maximum Gasteiger partial charge on any atom is 0.108 e. The molecule has 0 aliphatic carbocycles. The molecule has 0 saturated carbocycles. The molecule has 1 aromatic heterocycles. The summed E-state index contributed by atoms with van der Waals surface area (Å²) in [6.07, 6.45) is 7.10. The van der Waals surface area contributed by atoms with Crippen molar-refractivity contribution in [3.05, 3.63) is 53.1 Å². The van der Waals surface area contributed by atoms with Crippen LogP contribution in [-0.4, -0.2) is 22.6 Å². The lowest BCUT2D eigenvalue weighted by Gasteiger charge is -2.18. The first-order chi connectivity index (χ1) is 10.2. The van der Waals surface area contributed by atoms with Crippen LogP contribution in [0.5, 0.6) is 0 Å². The van der Waals surface area contributed by atoms with Gasteiger partial charge in [0.15, 0.2) is 0 Å². The van der Waals surface area contributed by atoms with E-state index in [-0.39, 0.29) is 0 Å². The Hall–Kier alpha value is -1.32. The summed E-state index contributed by atoms with van der Waals surface area (Å²) < 4.78 is 2.10. The third kappa shape index (κ3) is 4.87. The maximum absolute atomic E-state index is 5.99. The molecule has 21 heavy (non-hydrogen) atoms. The van der Waals surface area contributed by atoms with Gasteiger partial charge in [-0.05, 0) is 43.0 Å². The average Bonchev–Trinajstić information content (AvgIpc) is 2.89. The number of aromatic nitrogens is 2. The molecular formula is C17H24ClN3. The molecule has 0 fully saturated rings. The largest absolute Gasteiger partial charge is 0.338 e. The van der Waals surface area contributed by atoms with Crippen LogP contribution in [0.2, 0.25) is 5.02 Å². The van der Waals surface area contributed by atoms with Gasteiger partial charge >= 0.3 is 0 Å². The minimum atomic E-state index is 0.491. The normalized spacial score (nSPS) is 12.5. The number of nitrogens with zero attached hydrogens (tertiary/aromatic N) is 2. The molecule has 0 spiro atoms. The summed E-state index contributed by atoms with van der Waals surface area (Å²) in [6.45, 7) is 4.25. The highest BCUT2D eigenvalue weighted by molar-refractivity contribution is 6.30. The van der Waals surface area contributed by atoms with Crippen LogP contribution in [0.1, 0.15) is 37.1 Å². The number of nitrogens with one attached hydrogen (secondary N) is 1. The molecule has 4 heteroatoms. The summed E-state index contributed by atoms with van der Waals surface area (Å²) in [6, 6.07) is 8.23. The molecule has 2 rings (SSSR count). The summed E-state index contributed by atoms with van der Waals surface area (Å²) in [5.74, 6) is 1.63. The Kier molecular flexibility index (Phi) is 6.27.